The first kappa shape index (κ1) is 28.3. The highest BCUT2D eigenvalue weighted by Crippen LogP contribution is 2.15. The first-order valence-electron chi connectivity index (χ1n) is 10.8. The highest BCUT2D eigenvalue weighted by molar-refractivity contribution is 5.98. The predicted octanol–water partition coefficient (Wildman–Crippen LogP) is 2.09. The van der Waals surface area contributed by atoms with Gasteiger partial charge in [-0.05, 0) is 52.7 Å². The van der Waals surface area contributed by atoms with E-state index in [0.29, 0.717) is 5.69 Å². The van der Waals surface area contributed by atoms with Gasteiger partial charge in [0.15, 0.2) is 0 Å². The van der Waals surface area contributed by atoms with Crippen LogP contribution in [0.15, 0.2) is 24.3 Å². The average Bonchev–Trinajstić information content (AvgIpc) is 2.70. The second-order valence-corrected chi connectivity index (χ2v) is 9.12. The SMILES string of the molecule is CC(C)[C@@H](NC(=O)OC(C)(C)C)C(=O)N[C@@H](C)C(=O)N[C@@H](C)C(=O)Nc1ccc([N+](=O)[O-])cc1. The standard InChI is InChI=1S/C22H33N5O7/c1-12(2)17(26-21(31)34-22(5,6)7)20(30)24-13(3)18(28)23-14(4)19(29)25-15-8-10-16(11-9-15)27(32)33/h8-14,17H,1-7H3,(H,23,28)(H,24,30)(H,25,29)(H,26,31)/t13-,14-,17+/m0/s1. The predicted molar refractivity (Wildman–Crippen MR) is 125 cm³/mol. The molecule has 0 aromatic heterocycles. The number of ether oxygens (including phenoxy) is 1. The first-order chi connectivity index (χ1) is 15.6. The number of carbonyl (C=O) groups excluding carboxylic acids is 4. The van der Waals surface area contributed by atoms with E-state index in [-0.39, 0.29) is 11.6 Å². The van der Waals surface area contributed by atoms with E-state index in [1.807, 2.05) is 0 Å². The Kier molecular flexibility index (Phi) is 9.96. The Hall–Kier alpha value is -3.70. The van der Waals surface area contributed by atoms with E-state index in [9.17, 15) is 29.3 Å². The van der Waals surface area contributed by atoms with E-state index >= 15 is 0 Å². The second-order valence-electron chi connectivity index (χ2n) is 9.12. The molecule has 0 aliphatic rings. The molecule has 0 saturated heterocycles. The van der Waals surface area contributed by atoms with Crippen molar-refractivity contribution in [2.24, 2.45) is 5.92 Å². The van der Waals surface area contributed by atoms with Crippen LogP contribution in [0.4, 0.5) is 16.2 Å². The number of hydrogen-bond donors (Lipinski definition) is 4. The molecule has 188 valence electrons. The average molecular weight is 480 g/mol. The number of nitrogens with zero attached hydrogens (tertiary/aromatic N) is 1. The van der Waals surface area contributed by atoms with Crippen LogP contribution in [0.3, 0.4) is 0 Å². The number of benzene rings is 1. The number of carbonyl (C=O) groups is 4. The molecular formula is C22H33N5O7. The van der Waals surface area contributed by atoms with Gasteiger partial charge in [-0.1, -0.05) is 13.8 Å². The van der Waals surface area contributed by atoms with Gasteiger partial charge < -0.3 is 26.0 Å². The van der Waals surface area contributed by atoms with E-state index in [1.165, 1.54) is 38.1 Å². The summed E-state index contributed by atoms with van der Waals surface area (Å²) in [5, 5.41) is 20.8. The number of alkyl carbamates (subject to hydrolysis) is 1. The van der Waals surface area contributed by atoms with E-state index in [2.05, 4.69) is 21.3 Å². The minimum Gasteiger partial charge on any atom is -0.444 e. The molecule has 4 amide bonds. The Labute approximate surface area is 198 Å². The van der Waals surface area contributed by atoms with Gasteiger partial charge in [0.1, 0.15) is 23.7 Å². The fraction of sp³-hybridized carbons (Fsp3) is 0.545. The summed E-state index contributed by atoms with van der Waals surface area (Å²) in [4.78, 5) is 59.7. The van der Waals surface area contributed by atoms with Crippen molar-refractivity contribution < 1.29 is 28.8 Å². The van der Waals surface area contributed by atoms with Gasteiger partial charge in [0.05, 0.1) is 4.92 Å². The molecule has 0 saturated carbocycles. The number of hydrogen-bond acceptors (Lipinski definition) is 7. The molecule has 1 rings (SSSR count). The maximum atomic E-state index is 12.6. The van der Waals surface area contributed by atoms with E-state index in [0.717, 1.165) is 0 Å². The van der Waals surface area contributed by atoms with Gasteiger partial charge in [0, 0.05) is 17.8 Å². The number of nitrogens with one attached hydrogen (secondary N) is 4. The summed E-state index contributed by atoms with van der Waals surface area (Å²) >= 11 is 0. The fourth-order valence-corrected chi connectivity index (χ4v) is 2.66. The van der Waals surface area contributed by atoms with Crippen LogP contribution in [0.25, 0.3) is 0 Å². The Morgan fingerprint density at radius 1 is 0.853 bits per heavy atom. The minimum atomic E-state index is -0.996. The fourth-order valence-electron chi connectivity index (χ4n) is 2.66. The maximum absolute atomic E-state index is 12.6. The first-order valence-corrected chi connectivity index (χ1v) is 10.8. The van der Waals surface area contributed by atoms with Crippen molar-refractivity contribution in [3.05, 3.63) is 34.4 Å². The molecule has 0 fully saturated rings. The van der Waals surface area contributed by atoms with Crippen LogP contribution in [-0.2, 0) is 19.1 Å². The van der Waals surface area contributed by atoms with Gasteiger partial charge >= 0.3 is 6.09 Å². The molecule has 1 aromatic rings. The molecule has 12 heteroatoms. The zero-order valence-corrected chi connectivity index (χ0v) is 20.4. The van der Waals surface area contributed by atoms with Crippen molar-refractivity contribution in [2.75, 3.05) is 5.32 Å². The molecular weight excluding hydrogens is 446 g/mol. The third-order valence-corrected chi connectivity index (χ3v) is 4.47. The molecule has 0 aliphatic heterocycles. The van der Waals surface area contributed by atoms with Crippen LogP contribution >= 0.6 is 0 Å². The minimum absolute atomic E-state index is 0.121. The Morgan fingerprint density at radius 2 is 1.35 bits per heavy atom. The van der Waals surface area contributed by atoms with Crippen molar-refractivity contribution in [3.8, 4) is 0 Å². The molecule has 0 unspecified atom stereocenters. The van der Waals surface area contributed by atoms with Gasteiger partial charge in [-0.2, -0.15) is 0 Å². The topological polar surface area (TPSA) is 169 Å². The normalized spacial score (nSPS) is 13.8. The van der Waals surface area contributed by atoms with Crippen molar-refractivity contribution in [3.63, 3.8) is 0 Å². The van der Waals surface area contributed by atoms with Crippen molar-refractivity contribution >= 4 is 35.2 Å². The molecule has 0 heterocycles. The number of rotatable bonds is 9. The van der Waals surface area contributed by atoms with Crippen LogP contribution < -0.4 is 21.3 Å². The summed E-state index contributed by atoms with van der Waals surface area (Å²) in [5.41, 5.74) is -0.531. The lowest BCUT2D eigenvalue weighted by atomic mass is 10.0. The third kappa shape index (κ3) is 9.43. The van der Waals surface area contributed by atoms with Crippen LogP contribution in [0.1, 0.15) is 48.5 Å². The third-order valence-electron chi connectivity index (χ3n) is 4.47. The number of amides is 4. The molecule has 0 bridgehead atoms. The van der Waals surface area contributed by atoms with Crippen molar-refractivity contribution in [2.45, 2.75) is 72.2 Å². The Morgan fingerprint density at radius 3 is 1.82 bits per heavy atom. The molecule has 0 spiro atoms. The van der Waals surface area contributed by atoms with E-state index in [1.54, 1.807) is 34.6 Å². The molecule has 1 aromatic carbocycles. The van der Waals surface area contributed by atoms with E-state index < -0.39 is 52.5 Å². The van der Waals surface area contributed by atoms with Crippen molar-refractivity contribution in [1.82, 2.24) is 16.0 Å². The Balaban J connectivity index is 2.65. The largest absolute Gasteiger partial charge is 0.444 e. The van der Waals surface area contributed by atoms with Crippen LogP contribution in [0.5, 0.6) is 0 Å². The summed E-state index contributed by atoms with van der Waals surface area (Å²) in [6, 6.07) is 2.34. The lowest BCUT2D eigenvalue weighted by Crippen LogP contribution is -2.56. The molecule has 12 nitrogen and oxygen atoms in total. The summed E-state index contributed by atoms with van der Waals surface area (Å²) in [7, 11) is 0. The molecule has 34 heavy (non-hydrogen) atoms. The lowest BCUT2D eigenvalue weighted by molar-refractivity contribution is -0.384. The monoisotopic (exact) mass is 479 g/mol. The van der Waals surface area contributed by atoms with Gasteiger partial charge in [-0.25, -0.2) is 4.79 Å². The van der Waals surface area contributed by atoms with Gasteiger partial charge in [0.25, 0.3) is 5.69 Å². The molecule has 4 N–H and O–H groups in total. The number of non-ortho nitro benzene ring substituents is 1. The maximum Gasteiger partial charge on any atom is 0.408 e. The highest BCUT2D eigenvalue weighted by Gasteiger charge is 2.29. The van der Waals surface area contributed by atoms with Gasteiger partial charge in [-0.15, -0.1) is 0 Å². The quantitative estimate of drug-likeness (QED) is 0.310. The zero-order valence-electron chi connectivity index (χ0n) is 20.4. The highest BCUT2D eigenvalue weighted by atomic mass is 16.6. The summed E-state index contributed by atoms with van der Waals surface area (Å²) in [6.45, 7) is 11.5. The zero-order chi connectivity index (χ0) is 26.2. The van der Waals surface area contributed by atoms with Gasteiger partial charge in [-0.3, -0.25) is 24.5 Å². The lowest BCUT2D eigenvalue weighted by Gasteiger charge is -2.26. The number of nitro benzene ring substituents is 1. The molecule has 3 atom stereocenters. The summed E-state index contributed by atoms with van der Waals surface area (Å²) < 4.78 is 5.18. The smallest absolute Gasteiger partial charge is 0.408 e. The van der Waals surface area contributed by atoms with E-state index in [4.69, 9.17) is 4.74 Å². The summed E-state index contributed by atoms with van der Waals surface area (Å²) in [6.07, 6.45) is -0.755. The number of anilines is 1. The van der Waals surface area contributed by atoms with Crippen LogP contribution in [0, 0.1) is 16.0 Å². The number of nitro groups is 1. The summed E-state index contributed by atoms with van der Waals surface area (Å²) in [5.74, 6) is -2.02. The second kappa shape index (κ2) is 12.0. The Bertz CT molecular complexity index is 909. The van der Waals surface area contributed by atoms with Gasteiger partial charge in [0.2, 0.25) is 17.7 Å². The molecule has 0 aliphatic carbocycles. The molecule has 0 radical (unpaired) electrons. The van der Waals surface area contributed by atoms with Crippen molar-refractivity contribution in [1.29, 1.82) is 0 Å². The van der Waals surface area contributed by atoms with Crippen LogP contribution in [0.2, 0.25) is 0 Å². The van der Waals surface area contributed by atoms with Crippen LogP contribution in [-0.4, -0.2) is 52.5 Å².